The van der Waals surface area contributed by atoms with Gasteiger partial charge in [-0.3, -0.25) is 18.6 Å². The molecule has 2 atom stereocenters. The highest BCUT2D eigenvalue weighted by Crippen LogP contribution is 2.42. The summed E-state index contributed by atoms with van der Waals surface area (Å²) in [7, 11) is -4.40. The van der Waals surface area contributed by atoms with Crippen LogP contribution in [0.25, 0.3) is 0 Å². The van der Waals surface area contributed by atoms with Gasteiger partial charge in [0.1, 0.15) is 12.7 Å². The van der Waals surface area contributed by atoms with E-state index in [1.165, 1.54) is 83.5 Å². The van der Waals surface area contributed by atoms with Gasteiger partial charge in [0.05, 0.1) is 13.2 Å². The summed E-state index contributed by atoms with van der Waals surface area (Å²) in [6.45, 7) is 3.49. The Hall–Kier alpha value is -1.25. The maximum absolute atomic E-state index is 12.0. The normalized spacial score (nSPS) is 13.6. The van der Waals surface area contributed by atoms with E-state index in [-0.39, 0.29) is 32.1 Å². The average molecular weight is 648 g/mol. The Morgan fingerprint density at radius 1 is 0.682 bits per heavy atom. The number of rotatable bonds is 33. The largest absolute Gasteiger partial charge is 0.472 e. The predicted octanol–water partition coefficient (Wildman–Crippen LogP) is 8.71. The molecule has 3 N–H and O–H groups in total. The number of ether oxygens (including phenoxy) is 1. The second-order valence-electron chi connectivity index (χ2n) is 11.8. The number of amides is 1. The fourth-order valence-corrected chi connectivity index (χ4v) is 5.48. The number of carbonyl (C=O) groups is 2. The Balaban J connectivity index is 3.64. The van der Waals surface area contributed by atoms with Gasteiger partial charge in [-0.15, -0.1) is 0 Å². The summed E-state index contributed by atoms with van der Waals surface area (Å²) in [6, 6.07) is 0. The number of hydrogen-bond acceptors (Lipinski definition) is 7. The second-order valence-corrected chi connectivity index (χ2v) is 13.3. The molecule has 0 bridgehead atoms. The number of phosphoric acid groups is 1. The van der Waals surface area contributed by atoms with E-state index in [0.29, 0.717) is 6.42 Å². The average Bonchev–Trinajstić information content (AvgIpc) is 3.00. The quantitative estimate of drug-likeness (QED) is 0.0279. The van der Waals surface area contributed by atoms with E-state index in [9.17, 15) is 24.2 Å². The molecule has 0 saturated heterocycles. The van der Waals surface area contributed by atoms with Crippen molar-refractivity contribution in [3.8, 4) is 0 Å². The number of hydrogen-bond donors (Lipinski definition) is 3. The summed E-state index contributed by atoms with van der Waals surface area (Å²) in [6.07, 6.45) is 28.5. The van der Waals surface area contributed by atoms with E-state index in [0.717, 1.165) is 51.4 Å². The minimum absolute atomic E-state index is 0.0799. The molecule has 0 aromatic rings. The third kappa shape index (κ3) is 32.2. The third-order valence-electron chi connectivity index (χ3n) is 7.45. The molecule has 1 amide bonds. The minimum Gasteiger partial charge on any atom is -0.463 e. The molecule has 0 aliphatic carbocycles. The molecule has 0 fully saturated rings. The smallest absolute Gasteiger partial charge is 0.463 e. The lowest BCUT2D eigenvalue weighted by atomic mass is 10.1. The standard InChI is InChI=1S/C34H66NO8P/c1-3-5-7-9-11-13-15-17-18-20-22-24-26-33(37)35-28-29-42-44(39,40)43-31-32(36)30-41-34(38)27-25-23-21-19-16-14-12-10-8-6-4-2/h11,13,32,36H,3-10,12,14-31H2,1-2H3,(H,35,37)(H,39,40)/b13-11-. The number of esters is 1. The van der Waals surface area contributed by atoms with Crippen LogP contribution in [-0.2, 0) is 27.9 Å². The Morgan fingerprint density at radius 3 is 1.75 bits per heavy atom. The fraction of sp³-hybridized carbons (Fsp3) is 0.882. The van der Waals surface area contributed by atoms with Crippen LogP contribution in [0.1, 0.15) is 162 Å². The summed E-state index contributed by atoms with van der Waals surface area (Å²) in [5, 5.41) is 12.6. The highest BCUT2D eigenvalue weighted by atomic mass is 31.2. The van der Waals surface area contributed by atoms with Crippen molar-refractivity contribution in [1.29, 1.82) is 0 Å². The van der Waals surface area contributed by atoms with Gasteiger partial charge in [0.25, 0.3) is 0 Å². The zero-order chi connectivity index (χ0) is 32.6. The molecule has 0 radical (unpaired) electrons. The topological polar surface area (TPSA) is 131 Å². The van der Waals surface area contributed by atoms with Crippen LogP contribution in [0.2, 0.25) is 0 Å². The van der Waals surface area contributed by atoms with E-state index in [1.807, 2.05) is 0 Å². The van der Waals surface area contributed by atoms with E-state index in [2.05, 4.69) is 31.3 Å². The first kappa shape index (κ1) is 42.8. The first-order chi connectivity index (χ1) is 21.3. The number of nitrogens with one attached hydrogen (secondary N) is 1. The molecule has 10 heteroatoms. The van der Waals surface area contributed by atoms with Crippen molar-refractivity contribution in [1.82, 2.24) is 5.32 Å². The molecule has 0 aromatic heterocycles. The maximum Gasteiger partial charge on any atom is 0.472 e. The van der Waals surface area contributed by atoms with Crippen LogP contribution in [-0.4, -0.2) is 54.3 Å². The number of unbranched alkanes of at least 4 members (excludes halogenated alkanes) is 18. The van der Waals surface area contributed by atoms with Gasteiger partial charge in [0, 0.05) is 19.4 Å². The highest BCUT2D eigenvalue weighted by molar-refractivity contribution is 7.47. The molecule has 260 valence electrons. The molecule has 9 nitrogen and oxygen atoms in total. The van der Waals surface area contributed by atoms with Gasteiger partial charge in [-0.25, -0.2) is 4.57 Å². The SMILES string of the molecule is CCCCC/C=C\CCCCCCCC(=O)NCCOP(=O)(O)OCC(O)COC(=O)CCCCCCCCCCCCC. The number of carbonyl (C=O) groups excluding carboxylic acids is 2. The molecule has 0 heterocycles. The Labute approximate surface area is 268 Å². The first-order valence-electron chi connectivity index (χ1n) is 17.7. The summed E-state index contributed by atoms with van der Waals surface area (Å²) >= 11 is 0. The lowest BCUT2D eigenvalue weighted by Crippen LogP contribution is -2.27. The van der Waals surface area contributed by atoms with Crippen LogP contribution in [0.5, 0.6) is 0 Å². The third-order valence-corrected chi connectivity index (χ3v) is 8.43. The Bertz CT molecular complexity index is 749. The molecule has 0 aliphatic heterocycles. The molecule has 0 spiro atoms. The molecule has 0 aliphatic rings. The van der Waals surface area contributed by atoms with Gasteiger partial charge < -0.3 is 20.1 Å². The van der Waals surface area contributed by atoms with Crippen molar-refractivity contribution >= 4 is 19.7 Å². The van der Waals surface area contributed by atoms with Crippen molar-refractivity contribution in [3.63, 3.8) is 0 Å². The van der Waals surface area contributed by atoms with Crippen LogP contribution >= 0.6 is 7.82 Å². The van der Waals surface area contributed by atoms with Crippen molar-refractivity contribution in [2.45, 2.75) is 168 Å². The van der Waals surface area contributed by atoms with Crippen LogP contribution in [0.15, 0.2) is 12.2 Å². The van der Waals surface area contributed by atoms with Gasteiger partial charge in [-0.2, -0.15) is 0 Å². The zero-order valence-corrected chi connectivity index (χ0v) is 29.0. The monoisotopic (exact) mass is 647 g/mol. The number of allylic oxidation sites excluding steroid dienone is 2. The Morgan fingerprint density at radius 2 is 1.16 bits per heavy atom. The molecular weight excluding hydrogens is 581 g/mol. The van der Waals surface area contributed by atoms with Crippen molar-refractivity contribution in [3.05, 3.63) is 12.2 Å². The van der Waals surface area contributed by atoms with Crippen LogP contribution in [0.4, 0.5) is 0 Å². The zero-order valence-electron chi connectivity index (χ0n) is 28.1. The van der Waals surface area contributed by atoms with Crippen LogP contribution in [0, 0.1) is 0 Å². The first-order valence-corrected chi connectivity index (χ1v) is 19.2. The van der Waals surface area contributed by atoms with E-state index in [4.69, 9.17) is 13.8 Å². The predicted molar refractivity (Wildman–Crippen MR) is 178 cm³/mol. The summed E-state index contributed by atoms with van der Waals surface area (Å²) in [5.74, 6) is -0.525. The van der Waals surface area contributed by atoms with Gasteiger partial charge >= 0.3 is 13.8 Å². The molecule has 2 unspecified atom stereocenters. The van der Waals surface area contributed by atoms with Crippen molar-refractivity contribution in [2.75, 3.05) is 26.4 Å². The number of phosphoric ester groups is 1. The van der Waals surface area contributed by atoms with Crippen molar-refractivity contribution < 1.29 is 37.9 Å². The lowest BCUT2D eigenvalue weighted by Gasteiger charge is -2.15. The second kappa shape index (κ2) is 31.7. The molecule has 0 rings (SSSR count). The molecule has 44 heavy (non-hydrogen) atoms. The minimum atomic E-state index is -4.40. The van der Waals surface area contributed by atoms with E-state index in [1.54, 1.807) is 0 Å². The van der Waals surface area contributed by atoms with Crippen LogP contribution in [0.3, 0.4) is 0 Å². The van der Waals surface area contributed by atoms with E-state index >= 15 is 0 Å². The molecule has 0 aromatic carbocycles. The summed E-state index contributed by atoms with van der Waals surface area (Å²) in [4.78, 5) is 33.6. The Kier molecular flexibility index (Phi) is 30.8. The molecular formula is C34H66NO8P. The van der Waals surface area contributed by atoms with Gasteiger partial charge in [0.2, 0.25) is 5.91 Å². The van der Waals surface area contributed by atoms with Gasteiger partial charge in [-0.05, 0) is 38.5 Å². The van der Waals surface area contributed by atoms with Gasteiger partial charge in [0.15, 0.2) is 0 Å². The maximum atomic E-state index is 12.0. The highest BCUT2D eigenvalue weighted by Gasteiger charge is 2.23. The van der Waals surface area contributed by atoms with Crippen LogP contribution < -0.4 is 5.32 Å². The van der Waals surface area contributed by atoms with Crippen molar-refractivity contribution in [2.24, 2.45) is 0 Å². The lowest BCUT2D eigenvalue weighted by molar-refractivity contribution is -0.147. The number of aliphatic hydroxyl groups is 1. The fourth-order valence-electron chi connectivity index (χ4n) is 4.73. The van der Waals surface area contributed by atoms with E-state index < -0.39 is 26.5 Å². The van der Waals surface area contributed by atoms with Gasteiger partial charge in [-0.1, -0.05) is 122 Å². The number of aliphatic hydroxyl groups excluding tert-OH is 1. The summed E-state index contributed by atoms with van der Waals surface area (Å²) < 4.78 is 26.7. The summed E-state index contributed by atoms with van der Waals surface area (Å²) in [5.41, 5.74) is 0. The molecule has 0 saturated carbocycles.